The zero-order chi connectivity index (χ0) is 21.6. The Labute approximate surface area is 177 Å². The van der Waals surface area contributed by atoms with Gasteiger partial charge in [0, 0.05) is 26.6 Å². The highest BCUT2D eigenvalue weighted by atomic mass is 32.2. The molecular formula is C22H27FN2O4S. The Morgan fingerprint density at radius 2 is 1.70 bits per heavy atom. The number of amides is 1. The molecule has 1 saturated heterocycles. The Balaban J connectivity index is 1.44. The maximum atomic E-state index is 12.9. The van der Waals surface area contributed by atoms with Crippen LogP contribution in [0.15, 0.2) is 53.4 Å². The first kappa shape index (κ1) is 22.2. The lowest BCUT2D eigenvalue weighted by Crippen LogP contribution is -2.31. The lowest BCUT2D eigenvalue weighted by Gasteiger charge is -2.18. The molecule has 0 atom stereocenters. The van der Waals surface area contributed by atoms with E-state index < -0.39 is 10.0 Å². The van der Waals surface area contributed by atoms with Crippen molar-refractivity contribution in [2.75, 3.05) is 33.3 Å². The summed E-state index contributed by atoms with van der Waals surface area (Å²) in [6.45, 7) is 1.89. The molecule has 1 heterocycles. The minimum atomic E-state index is -3.41. The third kappa shape index (κ3) is 5.79. The molecule has 2 aromatic carbocycles. The SMILES string of the molecule is CN(CCOc1ccc(F)cc1)C(=O)CCc1ccc(S(=O)(=O)N2CCCC2)cc1. The molecule has 0 aliphatic carbocycles. The Morgan fingerprint density at radius 1 is 1.07 bits per heavy atom. The summed E-state index contributed by atoms with van der Waals surface area (Å²) in [6.07, 6.45) is 2.67. The fourth-order valence-corrected chi connectivity index (χ4v) is 4.82. The average Bonchev–Trinajstić information content (AvgIpc) is 3.29. The second kappa shape index (κ2) is 10.0. The first-order valence-electron chi connectivity index (χ1n) is 10.1. The van der Waals surface area contributed by atoms with Gasteiger partial charge in [-0.2, -0.15) is 4.31 Å². The van der Waals surface area contributed by atoms with Crippen molar-refractivity contribution >= 4 is 15.9 Å². The molecule has 30 heavy (non-hydrogen) atoms. The topological polar surface area (TPSA) is 66.9 Å². The van der Waals surface area contributed by atoms with Crippen molar-refractivity contribution < 1.29 is 22.3 Å². The van der Waals surface area contributed by atoms with Gasteiger partial charge in [-0.1, -0.05) is 12.1 Å². The molecule has 0 radical (unpaired) electrons. The van der Waals surface area contributed by atoms with Crippen LogP contribution in [0, 0.1) is 5.82 Å². The standard InChI is InChI=1S/C22H27FN2O4S/c1-24(16-17-29-20-9-7-19(23)8-10-20)22(26)13-6-18-4-11-21(12-5-18)30(27,28)25-14-2-3-15-25/h4-5,7-12H,2-3,6,13-17H2,1H3. The fraction of sp³-hybridized carbons (Fsp3) is 0.409. The monoisotopic (exact) mass is 434 g/mol. The van der Waals surface area contributed by atoms with Crippen LogP contribution in [0.5, 0.6) is 5.75 Å². The number of halogens is 1. The Kier molecular flexibility index (Phi) is 7.44. The van der Waals surface area contributed by atoms with Gasteiger partial charge in [-0.3, -0.25) is 4.79 Å². The van der Waals surface area contributed by atoms with Crippen molar-refractivity contribution in [3.05, 3.63) is 59.9 Å². The van der Waals surface area contributed by atoms with Crippen LogP contribution in [-0.2, 0) is 21.2 Å². The quantitative estimate of drug-likeness (QED) is 0.608. The second-order valence-electron chi connectivity index (χ2n) is 7.37. The maximum Gasteiger partial charge on any atom is 0.243 e. The highest BCUT2D eigenvalue weighted by Gasteiger charge is 2.26. The van der Waals surface area contributed by atoms with E-state index in [2.05, 4.69) is 0 Å². The van der Waals surface area contributed by atoms with Crippen LogP contribution in [-0.4, -0.2) is 56.8 Å². The van der Waals surface area contributed by atoms with E-state index in [0.717, 1.165) is 18.4 Å². The summed E-state index contributed by atoms with van der Waals surface area (Å²) >= 11 is 0. The Hall–Kier alpha value is -2.45. The Morgan fingerprint density at radius 3 is 2.33 bits per heavy atom. The van der Waals surface area contributed by atoms with Crippen LogP contribution < -0.4 is 4.74 Å². The van der Waals surface area contributed by atoms with Crippen LogP contribution in [0.4, 0.5) is 4.39 Å². The van der Waals surface area contributed by atoms with E-state index in [-0.39, 0.29) is 11.7 Å². The van der Waals surface area contributed by atoms with Crippen LogP contribution in [0.25, 0.3) is 0 Å². The van der Waals surface area contributed by atoms with E-state index in [9.17, 15) is 17.6 Å². The van der Waals surface area contributed by atoms with E-state index in [1.54, 1.807) is 48.3 Å². The molecule has 1 aliphatic rings. The molecule has 1 aliphatic heterocycles. The molecule has 0 bridgehead atoms. The molecule has 0 aromatic heterocycles. The fourth-order valence-electron chi connectivity index (χ4n) is 3.30. The van der Waals surface area contributed by atoms with Crippen LogP contribution in [0.2, 0.25) is 0 Å². The molecule has 0 N–H and O–H groups in total. The van der Waals surface area contributed by atoms with Gasteiger partial charge in [0.1, 0.15) is 18.2 Å². The maximum absolute atomic E-state index is 12.9. The van der Waals surface area contributed by atoms with Gasteiger partial charge in [-0.25, -0.2) is 12.8 Å². The summed E-state index contributed by atoms with van der Waals surface area (Å²) in [5.74, 6) is 0.212. The van der Waals surface area contributed by atoms with Crippen molar-refractivity contribution in [2.45, 2.75) is 30.6 Å². The lowest BCUT2D eigenvalue weighted by atomic mass is 10.1. The number of benzene rings is 2. The minimum Gasteiger partial charge on any atom is -0.492 e. The summed E-state index contributed by atoms with van der Waals surface area (Å²) in [4.78, 5) is 14.2. The first-order chi connectivity index (χ1) is 14.4. The number of likely N-dealkylation sites (N-methyl/N-ethyl adjacent to an activating group) is 1. The predicted octanol–water partition coefficient (Wildman–Crippen LogP) is 3.08. The van der Waals surface area contributed by atoms with Crippen LogP contribution >= 0.6 is 0 Å². The molecule has 1 fully saturated rings. The number of carbonyl (C=O) groups excluding carboxylic acids is 1. The molecular weight excluding hydrogens is 407 g/mol. The van der Waals surface area contributed by atoms with Gasteiger partial charge in [0.05, 0.1) is 11.4 Å². The van der Waals surface area contributed by atoms with Crippen molar-refractivity contribution in [3.8, 4) is 5.75 Å². The number of ether oxygens (including phenoxy) is 1. The highest BCUT2D eigenvalue weighted by Crippen LogP contribution is 2.21. The van der Waals surface area contributed by atoms with Crippen LogP contribution in [0.3, 0.4) is 0 Å². The van der Waals surface area contributed by atoms with Crippen LogP contribution in [0.1, 0.15) is 24.8 Å². The Bertz CT molecular complexity index is 940. The number of hydrogen-bond donors (Lipinski definition) is 0. The van der Waals surface area contributed by atoms with E-state index in [1.807, 2.05) is 0 Å². The number of sulfonamides is 1. The molecule has 8 heteroatoms. The van der Waals surface area contributed by atoms with Crippen molar-refractivity contribution in [1.29, 1.82) is 0 Å². The van der Waals surface area contributed by atoms with Gasteiger partial charge in [-0.05, 0) is 61.2 Å². The number of hydrogen-bond acceptors (Lipinski definition) is 4. The van der Waals surface area contributed by atoms with Gasteiger partial charge >= 0.3 is 0 Å². The summed E-state index contributed by atoms with van der Waals surface area (Å²) in [5, 5.41) is 0. The van der Waals surface area contributed by atoms with Crippen molar-refractivity contribution in [2.24, 2.45) is 0 Å². The van der Waals surface area contributed by atoms with Gasteiger partial charge < -0.3 is 9.64 Å². The third-order valence-electron chi connectivity index (χ3n) is 5.19. The zero-order valence-corrected chi connectivity index (χ0v) is 17.9. The summed E-state index contributed by atoms with van der Waals surface area (Å²) in [7, 11) is -1.70. The molecule has 2 aromatic rings. The average molecular weight is 435 g/mol. The molecule has 0 saturated carbocycles. The van der Waals surface area contributed by atoms with Crippen molar-refractivity contribution in [1.82, 2.24) is 9.21 Å². The number of nitrogens with zero attached hydrogens (tertiary/aromatic N) is 2. The molecule has 6 nitrogen and oxygen atoms in total. The summed E-state index contributed by atoms with van der Waals surface area (Å²) in [6, 6.07) is 12.5. The van der Waals surface area contributed by atoms with E-state index in [4.69, 9.17) is 4.74 Å². The minimum absolute atomic E-state index is 0.0218. The lowest BCUT2D eigenvalue weighted by molar-refractivity contribution is -0.130. The van der Waals surface area contributed by atoms with E-state index in [1.165, 1.54) is 16.4 Å². The second-order valence-corrected chi connectivity index (χ2v) is 9.31. The van der Waals surface area contributed by atoms with Gasteiger partial charge in [0.15, 0.2) is 0 Å². The molecule has 0 unspecified atom stereocenters. The van der Waals surface area contributed by atoms with Gasteiger partial charge in [0.2, 0.25) is 15.9 Å². The normalized spacial score (nSPS) is 14.6. The molecule has 162 valence electrons. The first-order valence-corrected chi connectivity index (χ1v) is 11.5. The third-order valence-corrected chi connectivity index (χ3v) is 7.10. The number of aryl methyl sites for hydroxylation is 1. The van der Waals surface area contributed by atoms with Gasteiger partial charge in [0.25, 0.3) is 0 Å². The molecule has 0 spiro atoms. The molecule has 1 amide bonds. The predicted molar refractivity (Wildman–Crippen MR) is 112 cm³/mol. The van der Waals surface area contributed by atoms with Gasteiger partial charge in [-0.15, -0.1) is 0 Å². The van der Waals surface area contributed by atoms with Crippen molar-refractivity contribution in [3.63, 3.8) is 0 Å². The summed E-state index contributed by atoms with van der Waals surface area (Å²) < 4.78 is 45.0. The number of carbonyl (C=O) groups is 1. The number of rotatable bonds is 9. The highest BCUT2D eigenvalue weighted by molar-refractivity contribution is 7.89. The van der Waals surface area contributed by atoms with E-state index >= 15 is 0 Å². The summed E-state index contributed by atoms with van der Waals surface area (Å²) in [5.41, 5.74) is 0.916. The molecule has 3 rings (SSSR count). The largest absolute Gasteiger partial charge is 0.492 e. The zero-order valence-electron chi connectivity index (χ0n) is 17.1. The van der Waals surface area contributed by atoms with E-state index in [0.29, 0.717) is 49.7 Å². The smallest absolute Gasteiger partial charge is 0.243 e.